The summed E-state index contributed by atoms with van der Waals surface area (Å²) in [6, 6.07) is 12.7. The minimum Gasteiger partial charge on any atom is -0.493 e. The molecule has 0 N–H and O–H groups in total. The molecule has 1 heterocycles. The SMILES string of the molecule is CCCCCCOc1cc2c(cc1-c1cc3cc(C(=O)OC)ccc3s1)C(C)(C)CCC2(C)C. The van der Waals surface area contributed by atoms with Gasteiger partial charge in [-0.3, -0.25) is 0 Å². The molecule has 0 amide bonds. The first-order chi connectivity index (χ1) is 16.2. The van der Waals surface area contributed by atoms with Gasteiger partial charge in [0.2, 0.25) is 0 Å². The Kier molecular flexibility index (Phi) is 7.09. The van der Waals surface area contributed by atoms with Crippen LogP contribution in [0.3, 0.4) is 0 Å². The first kappa shape index (κ1) is 24.8. The van der Waals surface area contributed by atoms with Gasteiger partial charge in [0.15, 0.2) is 0 Å². The van der Waals surface area contributed by atoms with E-state index in [9.17, 15) is 4.79 Å². The number of ether oxygens (including phenoxy) is 2. The molecular formula is C30H38O3S. The molecule has 0 radical (unpaired) electrons. The molecule has 1 aromatic heterocycles. The van der Waals surface area contributed by atoms with Crippen LogP contribution in [0.4, 0.5) is 0 Å². The molecule has 0 saturated carbocycles. The van der Waals surface area contributed by atoms with Gasteiger partial charge in [-0.1, -0.05) is 53.9 Å². The van der Waals surface area contributed by atoms with Crippen LogP contribution in [0, 0.1) is 0 Å². The van der Waals surface area contributed by atoms with Gasteiger partial charge in [0.1, 0.15) is 5.75 Å². The lowest BCUT2D eigenvalue weighted by atomic mass is 9.63. The van der Waals surface area contributed by atoms with Crippen LogP contribution in [0.2, 0.25) is 0 Å². The van der Waals surface area contributed by atoms with E-state index in [1.54, 1.807) is 11.3 Å². The summed E-state index contributed by atoms with van der Waals surface area (Å²) in [5.41, 5.74) is 4.88. The third-order valence-corrected chi connectivity index (χ3v) is 8.56. The molecule has 0 saturated heterocycles. The molecule has 182 valence electrons. The molecule has 34 heavy (non-hydrogen) atoms. The zero-order valence-corrected chi connectivity index (χ0v) is 22.4. The number of hydrogen-bond donors (Lipinski definition) is 0. The van der Waals surface area contributed by atoms with Crippen molar-refractivity contribution in [1.29, 1.82) is 0 Å². The highest BCUT2D eigenvalue weighted by atomic mass is 32.1. The second-order valence-corrected chi connectivity index (χ2v) is 12.0. The Morgan fingerprint density at radius 2 is 1.65 bits per heavy atom. The van der Waals surface area contributed by atoms with Gasteiger partial charge in [-0.15, -0.1) is 11.3 Å². The first-order valence-corrected chi connectivity index (χ1v) is 13.4. The summed E-state index contributed by atoms with van der Waals surface area (Å²) in [5.74, 6) is 0.685. The van der Waals surface area contributed by atoms with E-state index >= 15 is 0 Å². The van der Waals surface area contributed by atoms with E-state index < -0.39 is 0 Å². The van der Waals surface area contributed by atoms with Gasteiger partial charge in [0.05, 0.1) is 19.3 Å². The van der Waals surface area contributed by atoms with Gasteiger partial charge in [-0.2, -0.15) is 0 Å². The van der Waals surface area contributed by atoms with Crippen LogP contribution in [-0.4, -0.2) is 19.7 Å². The fraction of sp³-hybridized carbons (Fsp3) is 0.500. The molecule has 1 aliphatic carbocycles. The first-order valence-electron chi connectivity index (χ1n) is 12.6. The quantitative estimate of drug-likeness (QED) is 0.240. The predicted octanol–water partition coefficient (Wildman–Crippen LogP) is 8.66. The number of rotatable bonds is 8. The molecule has 3 aromatic rings. The summed E-state index contributed by atoms with van der Waals surface area (Å²) in [4.78, 5) is 13.2. The van der Waals surface area contributed by atoms with Crippen molar-refractivity contribution in [3.63, 3.8) is 0 Å². The van der Waals surface area contributed by atoms with Crippen LogP contribution in [-0.2, 0) is 15.6 Å². The van der Waals surface area contributed by atoms with Gasteiger partial charge in [-0.05, 0) is 83.0 Å². The molecule has 4 rings (SSSR count). The minimum atomic E-state index is -0.302. The van der Waals surface area contributed by atoms with Crippen molar-refractivity contribution in [2.45, 2.75) is 84.0 Å². The maximum Gasteiger partial charge on any atom is 0.337 e. The van der Waals surface area contributed by atoms with Gasteiger partial charge < -0.3 is 9.47 Å². The van der Waals surface area contributed by atoms with Crippen molar-refractivity contribution < 1.29 is 14.3 Å². The van der Waals surface area contributed by atoms with Crippen LogP contribution in [0.1, 0.15) is 94.6 Å². The van der Waals surface area contributed by atoms with Crippen LogP contribution in [0.25, 0.3) is 20.5 Å². The highest BCUT2D eigenvalue weighted by Crippen LogP contribution is 2.50. The van der Waals surface area contributed by atoms with E-state index in [-0.39, 0.29) is 16.8 Å². The molecule has 0 aliphatic heterocycles. The number of hydrogen-bond acceptors (Lipinski definition) is 4. The largest absolute Gasteiger partial charge is 0.493 e. The second-order valence-electron chi connectivity index (χ2n) is 10.9. The summed E-state index contributed by atoms with van der Waals surface area (Å²) in [6.45, 7) is 12.4. The highest BCUT2D eigenvalue weighted by molar-refractivity contribution is 7.22. The molecule has 1 aliphatic rings. The fourth-order valence-corrected chi connectivity index (χ4v) is 6.10. The zero-order valence-electron chi connectivity index (χ0n) is 21.5. The van der Waals surface area contributed by atoms with Crippen LogP contribution >= 0.6 is 11.3 Å². The summed E-state index contributed by atoms with van der Waals surface area (Å²) in [6.07, 6.45) is 7.12. The molecule has 0 unspecified atom stereocenters. The maximum atomic E-state index is 12.0. The van der Waals surface area contributed by atoms with Crippen molar-refractivity contribution in [3.05, 3.63) is 53.1 Å². The Labute approximate surface area is 208 Å². The Morgan fingerprint density at radius 3 is 2.32 bits per heavy atom. The fourth-order valence-electron chi connectivity index (χ4n) is 5.04. The number of methoxy groups -OCH3 is 1. The van der Waals surface area contributed by atoms with Crippen molar-refractivity contribution in [2.75, 3.05) is 13.7 Å². The van der Waals surface area contributed by atoms with Crippen molar-refractivity contribution in [3.8, 4) is 16.2 Å². The molecule has 3 nitrogen and oxygen atoms in total. The van der Waals surface area contributed by atoms with Crippen molar-refractivity contribution in [2.24, 2.45) is 0 Å². The molecule has 0 atom stereocenters. The zero-order chi connectivity index (χ0) is 24.5. The van der Waals surface area contributed by atoms with Crippen LogP contribution in [0.5, 0.6) is 5.75 Å². The summed E-state index contributed by atoms with van der Waals surface area (Å²) >= 11 is 1.76. The number of esters is 1. The van der Waals surface area contributed by atoms with E-state index in [4.69, 9.17) is 9.47 Å². The molecule has 0 fully saturated rings. The number of benzene rings is 2. The van der Waals surface area contributed by atoms with Crippen LogP contribution < -0.4 is 4.74 Å². The lowest BCUT2D eigenvalue weighted by Gasteiger charge is -2.42. The van der Waals surface area contributed by atoms with E-state index in [0.29, 0.717) is 5.56 Å². The molecular weight excluding hydrogens is 440 g/mol. The monoisotopic (exact) mass is 478 g/mol. The number of carbonyl (C=O) groups is 1. The summed E-state index contributed by atoms with van der Waals surface area (Å²) in [7, 11) is 1.42. The van der Waals surface area contributed by atoms with E-state index in [2.05, 4.69) is 52.8 Å². The number of unbranched alkanes of at least 4 members (excludes halogenated alkanes) is 3. The van der Waals surface area contributed by atoms with Gasteiger partial charge in [-0.25, -0.2) is 4.79 Å². The topological polar surface area (TPSA) is 35.5 Å². The molecule has 2 aromatic carbocycles. The Hall–Kier alpha value is -2.33. The van der Waals surface area contributed by atoms with Gasteiger partial charge >= 0.3 is 5.97 Å². The number of thiophene rings is 1. The van der Waals surface area contributed by atoms with Gasteiger partial charge in [0.25, 0.3) is 0 Å². The maximum absolute atomic E-state index is 12.0. The minimum absolute atomic E-state index is 0.133. The van der Waals surface area contributed by atoms with Gasteiger partial charge in [0, 0.05) is 15.1 Å². The number of carbonyl (C=O) groups excluding carboxylic acids is 1. The standard InChI is InChI=1S/C30H38O3S/c1-7-8-9-10-15-33-25-19-24-23(29(2,3)13-14-30(24,4)5)18-22(25)27-17-21-16-20(28(31)32-6)11-12-26(21)34-27/h11-12,16-19H,7-10,13-15H2,1-6H3. The summed E-state index contributed by atoms with van der Waals surface area (Å²) in [5, 5.41) is 1.06. The van der Waals surface area contributed by atoms with E-state index in [1.807, 2.05) is 18.2 Å². The number of fused-ring (bicyclic) bond motifs is 2. The highest BCUT2D eigenvalue weighted by Gasteiger charge is 2.38. The lowest BCUT2D eigenvalue weighted by molar-refractivity contribution is 0.0601. The Balaban J connectivity index is 1.80. The van der Waals surface area contributed by atoms with Crippen LogP contribution in [0.15, 0.2) is 36.4 Å². The van der Waals surface area contributed by atoms with Crippen molar-refractivity contribution >= 4 is 27.4 Å². The Bertz CT molecular complexity index is 1190. The second kappa shape index (κ2) is 9.73. The van der Waals surface area contributed by atoms with Crippen molar-refractivity contribution in [1.82, 2.24) is 0 Å². The average Bonchev–Trinajstić information content (AvgIpc) is 3.24. The van der Waals surface area contributed by atoms with E-state index in [0.717, 1.165) is 28.9 Å². The average molecular weight is 479 g/mol. The predicted molar refractivity (Wildman–Crippen MR) is 144 cm³/mol. The molecule has 0 spiro atoms. The summed E-state index contributed by atoms with van der Waals surface area (Å²) < 4.78 is 12.6. The third kappa shape index (κ3) is 4.88. The Morgan fingerprint density at radius 1 is 0.941 bits per heavy atom. The molecule has 4 heteroatoms. The smallest absolute Gasteiger partial charge is 0.337 e. The normalized spacial score (nSPS) is 16.3. The molecule has 0 bridgehead atoms. The van der Waals surface area contributed by atoms with E-state index in [1.165, 1.54) is 60.8 Å². The third-order valence-electron chi connectivity index (χ3n) is 7.41. The lowest BCUT2D eigenvalue weighted by Crippen LogP contribution is -2.33.